The molecule has 0 radical (unpaired) electrons. The molecule has 0 aliphatic rings. The molecular formula is C15H14F3N7O. The number of aryl methyl sites for hydroxylation is 1. The van der Waals surface area contributed by atoms with Crippen LogP contribution in [-0.4, -0.2) is 41.7 Å². The van der Waals surface area contributed by atoms with Gasteiger partial charge in [0.1, 0.15) is 0 Å². The number of hydrogen-bond donors (Lipinski definition) is 1. The smallest absolute Gasteiger partial charge is 0.345 e. The van der Waals surface area contributed by atoms with Crippen molar-refractivity contribution >= 4 is 17.6 Å². The van der Waals surface area contributed by atoms with Crippen molar-refractivity contribution < 1.29 is 18.0 Å². The van der Waals surface area contributed by atoms with Crippen LogP contribution >= 0.6 is 0 Å². The topological polar surface area (TPSA) is 90.0 Å². The van der Waals surface area contributed by atoms with Crippen molar-refractivity contribution in [1.82, 2.24) is 34.9 Å². The first-order valence-electron chi connectivity index (χ1n) is 7.56. The maximum Gasteiger partial charge on any atom is 0.390 e. The Hall–Kier alpha value is -3.24. The number of imidazole rings is 1. The number of nitrogens with zero attached hydrogens (tertiary/aromatic N) is 6. The molecule has 3 rings (SSSR count). The monoisotopic (exact) mass is 365 g/mol. The number of carbonyl (C=O) groups excluding carboxylic acids is 1. The third kappa shape index (κ3) is 4.23. The van der Waals surface area contributed by atoms with Crippen LogP contribution in [-0.2, 0) is 13.1 Å². The summed E-state index contributed by atoms with van der Waals surface area (Å²) in [6.45, 7) is 3.32. The molecule has 3 aromatic heterocycles. The summed E-state index contributed by atoms with van der Waals surface area (Å²) in [6.07, 6.45) is 0.673. The first kappa shape index (κ1) is 17.6. The molecule has 26 heavy (non-hydrogen) atoms. The molecule has 136 valence electrons. The summed E-state index contributed by atoms with van der Waals surface area (Å²) in [4.78, 5) is 17.2. The first-order valence-corrected chi connectivity index (χ1v) is 7.56. The van der Waals surface area contributed by atoms with E-state index in [4.69, 9.17) is 0 Å². The molecule has 0 atom stereocenters. The lowest BCUT2D eigenvalue weighted by atomic mass is 10.3. The summed E-state index contributed by atoms with van der Waals surface area (Å²) in [7, 11) is 0. The molecule has 0 bridgehead atoms. The van der Waals surface area contributed by atoms with E-state index in [1.165, 1.54) is 0 Å². The van der Waals surface area contributed by atoms with Crippen LogP contribution in [0.2, 0.25) is 0 Å². The fraction of sp³-hybridized carbons (Fsp3) is 0.267. The minimum atomic E-state index is -4.31. The minimum absolute atomic E-state index is 0.0667. The lowest BCUT2D eigenvalue weighted by Gasteiger charge is -2.04. The van der Waals surface area contributed by atoms with Crippen LogP contribution in [0.5, 0.6) is 0 Å². The zero-order valence-corrected chi connectivity index (χ0v) is 13.4. The molecule has 0 aliphatic carbocycles. The van der Waals surface area contributed by atoms with Gasteiger partial charge < -0.3 is 5.32 Å². The van der Waals surface area contributed by atoms with Gasteiger partial charge in [-0.3, -0.25) is 4.79 Å². The van der Waals surface area contributed by atoms with Gasteiger partial charge in [-0.1, -0.05) is 12.7 Å². The van der Waals surface area contributed by atoms with Crippen molar-refractivity contribution in [3.8, 4) is 0 Å². The highest BCUT2D eigenvalue weighted by Gasteiger charge is 2.27. The average molecular weight is 365 g/mol. The molecule has 3 heterocycles. The number of carbonyl (C=O) groups is 1. The van der Waals surface area contributed by atoms with Crippen molar-refractivity contribution in [1.29, 1.82) is 0 Å². The molecule has 1 N–H and O–H groups in total. The van der Waals surface area contributed by atoms with Crippen molar-refractivity contribution in [3.63, 3.8) is 0 Å². The lowest BCUT2D eigenvalue weighted by Crippen LogP contribution is -2.23. The standard InChI is InChI=1S/C15H14F3N7O/c1-2-10-5-13-22-11(9-24(13)20-6-10)7-19-14(26)12-8-21-25(23-12)4-3-15(16,17)18/h2,5-6,8-9H,1,3-4,7H2,(H,19,26). The predicted molar refractivity (Wildman–Crippen MR) is 84.9 cm³/mol. The normalized spacial score (nSPS) is 11.7. The molecule has 0 aromatic carbocycles. The SMILES string of the molecule is C=Cc1cnn2cc(CNC(=O)c3cnn(CCC(F)(F)F)n3)nc2c1. The second kappa shape index (κ2) is 6.94. The number of alkyl halides is 3. The van der Waals surface area contributed by atoms with Gasteiger partial charge in [-0.05, 0) is 11.6 Å². The number of amides is 1. The predicted octanol–water partition coefficient (Wildman–Crippen LogP) is 1.85. The largest absolute Gasteiger partial charge is 0.390 e. The molecule has 8 nitrogen and oxygen atoms in total. The maximum atomic E-state index is 12.2. The molecule has 0 aliphatic heterocycles. The highest BCUT2D eigenvalue weighted by molar-refractivity contribution is 5.91. The molecule has 0 spiro atoms. The van der Waals surface area contributed by atoms with E-state index in [9.17, 15) is 18.0 Å². The van der Waals surface area contributed by atoms with Crippen molar-refractivity contribution in [2.75, 3.05) is 0 Å². The Kier molecular flexibility index (Phi) is 4.69. The Labute approximate surface area is 145 Å². The van der Waals surface area contributed by atoms with Gasteiger partial charge in [0.25, 0.3) is 5.91 Å². The number of halogens is 3. The van der Waals surface area contributed by atoms with Gasteiger partial charge in [0.15, 0.2) is 11.3 Å². The van der Waals surface area contributed by atoms with E-state index < -0.39 is 25.0 Å². The molecule has 11 heteroatoms. The van der Waals surface area contributed by atoms with E-state index in [1.54, 1.807) is 29.1 Å². The number of hydrogen-bond acceptors (Lipinski definition) is 5. The number of fused-ring (bicyclic) bond motifs is 1. The van der Waals surface area contributed by atoms with E-state index in [0.29, 0.717) is 11.3 Å². The molecule has 0 saturated heterocycles. The number of rotatable bonds is 6. The van der Waals surface area contributed by atoms with Crippen LogP contribution in [0.25, 0.3) is 11.7 Å². The summed E-state index contributed by atoms with van der Waals surface area (Å²) in [6, 6.07) is 1.79. The van der Waals surface area contributed by atoms with Crippen LogP contribution in [0.4, 0.5) is 13.2 Å². The molecule has 0 saturated carbocycles. The van der Waals surface area contributed by atoms with Gasteiger partial charge >= 0.3 is 6.18 Å². The van der Waals surface area contributed by atoms with Crippen LogP contribution in [0.15, 0.2) is 31.2 Å². The summed E-state index contributed by atoms with van der Waals surface area (Å²) in [5.74, 6) is -0.556. The van der Waals surface area contributed by atoms with Crippen molar-refractivity contribution in [2.45, 2.75) is 25.7 Å². The molecule has 1 amide bonds. The Bertz CT molecular complexity index is 944. The molecule has 0 fully saturated rings. The van der Waals surface area contributed by atoms with Gasteiger partial charge in [-0.15, -0.1) is 5.10 Å². The average Bonchev–Trinajstić information content (AvgIpc) is 3.23. The highest BCUT2D eigenvalue weighted by Crippen LogP contribution is 2.19. The zero-order valence-electron chi connectivity index (χ0n) is 13.4. The Morgan fingerprint density at radius 2 is 2.12 bits per heavy atom. The Morgan fingerprint density at radius 1 is 1.31 bits per heavy atom. The second-order valence-corrected chi connectivity index (χ2v) is 5.40. The summed E-state index contributed by atoms with van der Waals surface area (Å²) in [5.41, 5.74) is 1.92. The van der Waals surface area contributed by atoms with E-state index in [-0.39, 0.29) is 12.2 Å². The lowest BCUT2D eigenvalue weighted by molar-refractivity contribution is -0.137. The first-order chi connectivity index (χ1) is 12.3. The Morgan fingerprint density at radius 3 is 2.85 bits per heavy atom. The van der Waals surface area contributed by atoms with Gasteiger partial charge in [0.05, 0.1) is 43.8 Å². The van der Waals surface area contributed by atoms with E-state index in [1.807, 2.05) is 0 Å². The molecule has 3 aromatic rings. The summed E-state index contributed by atoms with van der Waals surface area (Å²) >= 11 is 0. The van der Waals surface area contributed by atoms with Gasteiger partial charge in [0, 0.05) is 0 Å². The van der Waals surface area contributed by atoms with Crippen molar-refractivity contribution in [3.05, 3.63) is 48.2 Å². The molecule has 0 unspecified atom stereocenters. The minimum Gasteiger partial charge on any atom is -0.345 e. The summed E-state index contributed by atoms with van der Waals surface area (Å²) < 4.78 is 38.1. The van der Waals surface area contributed by atoms with E-state index >= 15 is 0 Å². The fourth-order valence-electron chi connectivity index (χ4n) is 2.13. The Balaban J connectivity index is 1.60. The number of nitrogens with one attached hydrogen (secondary N) is 1. The van der Waals surface area contributed by atoms with E-state index in [2.05, 4.69) is 32.2 Å². The fourth-order valence-corrected chi connectivity index (χ4v) is 2.13. The summed E-state index contributed by atoms with van der Waals surface area (Å²) in [5, 5.41) is 14.1. The third-order valence-corrected chi connectivity index (χ3v) is 3.42. The van der Waals surface area contributed by atoms with Crippen molar-refractivity contribution in [2.24, 2.45) is 0 Å². The second-order valence-electron chi connectivity index (χ2n) is 5.40. The maximum absolute atomic E-state index is 12.2. The van der Waals surface area contributed by atoms with Crippen LogP contribution in [0.1, 0.15) is 28.2 Å². The van der Waals surface area contributed by atoms with Crippen LogP contribution < -0.4 is 5.32 Å². The number of aromatic nitrogens is 6. The van der Waals surface area contributed by atoms with Crippen LogP contribution in [0, 0.1) is 0 Å². The van der Waals surface area contributed by atoms with Gasteiger partial charge in [-0.2, -0.15) is 28.2 Å². The molecular weight excluding hydrogens is 351 g/mol. The zero-order chi connectivity index (χ0) is 18.7. The third-order valence-electron chi connectivity index (χ3n) is 3.42. The highest BCUT2D eigenvalue weighted by atomic mass is 19.4. The quantitative estimate of drug-likeness (QED) is 0.720. The van der Waals surface area contributed by atoms with Crippen LogP contribution in [0.3, 0.4) is 0 Å². The van der Waals surface area contributed by atoms with Gasteiger partial charge in [-0.25, -0.2) is 9.50 Å². The van der Waals surface area contributed by atoms with Gasteiger partial charge in [0.2, 0.25) is 0 Å². The van der Waals surface area contributed by atoms with E-state index in [0.717, 1.165) is 16.6 Å².